The van der Waals surface area contributed by atoms with Gasteiger partial charge >= 0.3 is 5.97 Å². The predicted molar refractivity (Wildman–Crippen MR) is 71.5 cm³/mol. The number of thioether (sulfide) groups is 1. The number of rotatable bonds is 4. The summed E-state index contributed by atoms with van der Waals surface area (Å²) in [5.74, 6) is 0.0942. The Labute approximate surface area is 111 Å². The van der Waals surface area contributed by atoms with Gasteiger partial charge in [-0.15, -0.1) is 11.8 Å². The number of carbonyl (C=O) groups is 1. The Morgan fingerprint density at radius 3 is 3.17 bits per heavy atom. The third kappa shape index (κ3) is 3.25. The fourth-order valence-electron chi connectivity index (χ4n) is 2.02. The second-order valence-corrected chi connectivity index (χ2v) is 5.49. The second-order valence-electron chi connectivity index (χ2n) is 4.28. The van der Waals surface area contributed by atoms with E-state index in [0.717, 1.165) is 16.9 Å². The number of carboxylic acids is 1. The minimum absolute atomic E-state index is 0.0525. The molecular formula is C13H17NO3S. The van der Waals surface area contributed by atoms with Gasteiger partial charge in [0.2, 0.25) is 0 Å². The highest BCUT2D eigenvalue weighted by molar-refractivity contribution is 7.99. The molecule has 0 bridgehead atoms. The molecule has 5 heteroatoms. The van der Waals surface area contributed by atoms with E-state index in [0.29, 0.717) is 13.0 Å². The molecule has 4 nitrogen and oxygen atoms in total. The lowest BCUT2D eigenvalue weighted by Gasteiger charge is -2.28. The van der Waals surface area contributed by atoms with Crippen LogP contribution in [0.5, 0.6) is 0 Å². The summed E-state index contributed by atoms with van der Waals surface area (Å²) in [5.41, 5.74) is 2.22. The molecule has 1 heterocycles. The first-order valence-electron chi connectivity index (χ1n) is 5.89. The van der Waals surface area contributed by atoms with Crippen molar-refractivity contribution < 1.29 is 14.6 Å². The van der Waals surface area contributed by atoms with Gasteiger partial charge in [-0.05, 0) is 23.3 Å². The lowest BCUT2D eigenvalue weighted by Crippen LogP contribution is -2.41. The van der Waals surface area contributed by atoms with Crippen LogP contribution in [-0.2, 0) is 16.1 Å². The first kappa shape index (κ1) is 13.4. The molecule has 0 amide bonds. The summed E-state index contributed by atoms with van der Waals surface area (Å²) in [7, 11) is 1.67. The number of ether oxygens (including phenoxy) is 1. The molecule has 98 valence electrons. The van der Waals surface area contributed by atoms with E-state index in [-0.39, 0.29) is 5.37 Å². The highest BCUT2D eigenvalue weighted by Gasteiger charge is 2.27. The van der Waals surface area contributed by atoms with Crippen LogP contribution in [0.1, 0.15) is 22.9 Å². The molecule has 1 aromatic carbocycles. The molecule has 2 unspecified atom stereocenters. The van der Waals surface area contributed by atoms with Gasteiger partial charge in [-0.2, -0.15) is 0 Å². The van der Waals surface area contributed by atoms with Crippen molar-refractivity contribution in [1.29, 1.82) is 0 Å². The number of hydrogen-bond acceptors (Lipinski definition) is 4. The standard InChI is InChI=1S/C13H17NO3S/c1-17-8-9-3-2-4-10(7-9)12-14-11(13(15)16)5-6-18-12/h2-4,7,11-12,14H,5-6,8H2,1H3,(H,15,16). The van der Waals surface area contributed by atoms with Crippen LogP contribution in [0.15, 0.2) is 24.3 Å². The Hall–Kier alpha value is -1.04. The van der Waals surface area contributed by atoms with Crippen LogP contribution in [0, 0.1) is 0 Å². The molecule has 0 aliphatic carbocycles. The van der Waals surface area contributed by atoms with Crippen molar-refractivity contribution in [3.63, 3.8) is 0 Å². The largest absolute Gasteiger partial charge is 0.480 e. The Balaban J connectivity index is 2.10. The number of aliphatic carboxylic acids is 1. The zero-order chi connectivity index (χ0) is 13.0. The van der Waals surface area contributed by atoms with E-state index in [9.17, 15) is 4.79 Å². The van der Waals surface area contributed by atoms with Crippen molar-refractivity contribution in [3.05, 3.63) is 35.4 Å². The monoisotopic (exact) mass is 267 g/mol. The molecule has 1 saturated heterocycles. The van der Waals surface area contributed by atoms with E-state index in [4.69, 9.17) is 9.84 Å². The summed E-state index contributed by atoms with van der Waals surface area (Å²) in [5, 5.41) is 12.3. The van der Waals surface area contributed by atoms with Crippen LogP contribution in [0.2, 0.25) is 0 Å². The highest BCUT2D eigenvalue weighted by Crippen LogP contribution is 2.32. The van der Waals surface area contributed by atoms with Gasteiger partial charge in [0.1, 0.15) is 6.04 Å². The van der Waals surface area contributed by atoms with Crippen molar-refractivity contribution >= 4 is 17.7 Å². The quantitative estimate of drug-likeness (QED) is 0.874. The molecule has 2 rings (SSSR count). The van der Waals surface area contributed by atoms with E-state index in [1.165, 1.54) is 0 Å². The van der Waals surface area contributed by atoms with Crippen molar-refractivity contribution in [1.82, 2.24) is 5.32 Å². The van der Waals surface area contributed by atoms with Crippen molar-refractivity contribution in [2.24, 2.45) is 0 Å². The second kappa shape index (κ2) is 6.22. The van der Waals surface area contributed by atoms with Gasteiger partial charge in [0.25, 0.3) is 0 Å². The molecule has 1 aliphatic heterocycles. The van der Waals surface area contributed by atoms with Crippen LogP contribution in [0.25, 0.3) is 0 Å². The van der Waals surface area contributed by atoms with Gasteiger partial charge in [0, 0.05) is 7.11 Å². The SMILES string of the molecule is COCc1cccc(C2NC(C(=O)O)CCS2)c1. The zero-order valence-electron chi connectivity index (χ0n) is 10.3. The van der Waals surface area contributed by atoms with Gasteiger partial charge in [0.05, 0.1) is 12.0 Å². The Morgan fingerprint density at radius 1 is 1.61 bits per heavy atom. The zero-order valence-corrected chi connectivity index (χ0v) is 11.1. The van der Waals surface area contributed by atoms with E-state index >= 15 is 0 Å². The topological polar surface area (TPSA) is 58.6 Å². The number of methoxy groups -OCH3 is 1. The number of hydrogen-bond donors (Lipinski definition) is 2. The summed E-state index contributed by atoms with van der Waals surface area (Å²) in [6.45, 7) is 0.577. The number of benzene rings is 1. The Morgan fingerprint density at radius 2 is 2.44 bits per heavy atom. The van der Waals surface area contributed by atoms with Gasteiger partial charge < -0.3 is 9.84 Å². The maximum atomic E-state index is 11.0. The highest BCUT2D eigenvalue weighted by atomic mass is 32.2. The summed E-state index contributed by atoms with van der Waals surface area (Å²) < 4.78 is 5.11. The van der Waals surface area contributed by atoms with Crippen LogP contribution >= 0.6 is 11.8 Å². The third-order valence-electron chi connectivity index (χ3n) is 2.91. The normalized spacial score (nSPS) is 23.8. The Kier molecular flexibility index (Phi) is 4.63. The van der Waals surface area contributed by atoms with E-state index in [2.05, 4.69) is 11.4 Å². The minimum Gasteiger partial charge on any atom is -0.480 e. The fraction of sp³-hybridized carbons (Fsp3) is 0.462. The maximum absolute atomic E-state index is 11.0. The molecular weight excluding hydrogens is 250 g/mol. The molecule has 2 atom stereocenters. The Bertz CT molecular complexity index is 424. The van der Waals surface area contributed by atoms with Crippen LogP contribution in [-0.4, -0.2) is 30.0 Å². The van der Waals surface area contributed by atoms with Crippen LogP contribution in [0.3, 0.4) is 0 Å². The first-order chi connectivity index (χ1) is 8.70. The summed E-state index contributed by atoms with van der Waals surface area (Å²) >= 11 is 1.75. The van der Waals surface area contributed by atoms with Crippen molar-refractivity contribution in [2.45, 2.75) is 24.4 Å². The van der Waals surface area contributed by atoms with Crippen LogP contribution in [0.4, 0.5) is 0 Å². The summed E-state index contributed by atoms with van der Waals surface area (Å²) in [6.07, 6.45) is 0.675. The van der Waals surface area contributed by atoms with Crippen molar-refractivity contribution in [2.75, 3.05) is 12.9 Å². The van der Waals surface area contributed by atoms with Gasteiger partial charge in [-0.25, -0.2) is 0 Å². The van der Waals surface area contributed by atoms with E-state index in [1.54, 1.807) is 18.9 Å². The van der Waals surface area contributed by atoms with E-state index in [1.807, 2.05) is 18.2 Å². The molecule has 0 aromatic heterocycles. The molecule has 1 aliphatic rings. The molecule has 0 spiro atoms. The molecule has 1 aromatic rings. The molecule has 1 fully saturated rings. The first-order valence-corrected chi connectivity index (χ1v) is 6.94. The van der Waals surface area contributed by atoms with Crippen LogP contribution < -0.4 is 5.32 Å². The third-order valence-corrected chi connectivity index (χ3v) is 4.12. The molecule has 0 radical (unpaired) electrons. The predicted octanol–water partition coefficient (Wildman–Crippen LogP) is 2.01. The van der Waals surface area contributed by atoms with Crippen molar-refractivity contribution in [3.8, 4) is 0 Å². The summed E-state index contributed by atoms with van der Waals surface area (Å²) in [6, 6.07) is 7.64. The fourth-order valence-corrected chi connectivity index (χ4v) is 3.22. The van der Waals surface area contributed by atoms with Gasteiger partial charge in [0.15, 0.2) is 0 Å². The van der Waals surface area contributed by atoms with E-state index < -0.39 is 12.0 Å². The molecule has 18 heavy (non-hydrogen) atoms. The lowest BCUT2D eigenvalue weighted by molar-refractivity contribution is -0.139. The number of carboxylic acid groups (broad SMARTS) is 1. The molecule has 2 N–H and O–H groups in total. The maximum Gasteiger partial charge on any atom is 0.320 e. The van der Waals surface area contributed by atoms with Gasteiger partial charge in [-0.3, -0.25) is 10.1 Å². The molecule has 0 saturated carbocycles. The lowest BCUT2D eigenvalue weighted by atomic mass is 10.1. The summed E-state index contributed by atoms with van der Waals surface area (Å²) in [4.78, 5) is 11.0. The smallest absolute Gasteiger partial charge is 0.320 e. The average Bonchev–Trinajstić information content (AvgIpc) is 2.39. The minimum atomic E-state index is -0.770. The number of nitrogens with one attached hydrogen (secondary N) is 1. The average molecular weight is 267 g/mol. The van der Waals surface area contributed by atoms with Gasteiger partial charge in [-0.1, -0.05) is 24.3 Å².